The normalized spacial score (nSPS) is 33.9. The lowest BCUT2D eigenvalue weighted by atomic mass is 9.63. The average Bonchev–Trinajstić information content (AvgIpc) is 2.72. The second-order valence-corrected chi connectivity index (χ2v) is 8.08. The third kappa shape index (κ3) is 4.06. The molecule has 4 heteroatoms. The van der Waals surface area contributed by atoms with Crippen molar-refractivity contribution in [2.45, 2.75) is 72.7 Å². The molecule has 1 aliphatic heterocycles. The van der Waals surface area contributed by atoms with Crippen LogP contribution in [0.1, 0.15) is 60.3 Å². The molecule has 1 saturated heterocycles. The summed E-state index contributed by atoms with van der Waals surface area (Å²) in [7, 11) is 0. The van der Waals surface area contributed by atoms with Crippen molar-refractivity contribution < 1.29 is 19.7 Å². The van der Waals surface area contributed by atoms with Crippen LogP contribution in [0.5, 0.6) is 0 Å². The summed E-state index contributed by atoms with van der Waals surface area (Å²) in [6.45, 7) is 10.1. The Morgan fingerprint density at radius 1 is 1.40 bits per heavy atom. The van der Waals surface area contributed by atoms with Gasteiger partial charge >= 0.3 is 5.97 Å². The van der Waals surface area contributed by atoms with Gasteiger partial charge in [-0.05, 0) is 59.3 Å². The average molecular weight is 348 g/mol. The van der Waals surface area contributed by atoms with E-state index in [0.717, 1.165) is 18.4 Å². The van der Waals surface area contributed by atoms with Crippen LogP contribution in [0.25, 0.3) is 0 Å². The molecule has 0 aromatic heterocycles. The highest BCUT2D eigenvalue weighted by atomic mass is 16.6. The third-order valence-corrected chi connectivity index (χ3v) is 5.75. The summed E-state index contributed by atoms with van der Waals surface area (Å²) in [4.78, 5) is 12.3. The van der Waals surface area contributed by atoms with Gasteiger partial charge in [0.25, 0.3) is 0 Å². The maximum atomic E-state index is 12.3. The van der Waals surface area contributed by atoms with E-state index in [1.807, 2.05) is 26.0 Å². The van der Waals surface area contributed by atoms with Gasteiger partial charge in [-0.2, -0.15) is 0 Å². The van der Waals surface area contributed by atoms with E-state index in [0.29, 0.717) is 18.4 Å². The smallest absolute Gasteiger partial charge is 0.336 e. The van der Waals surface area contributed by atoms with Crippen molar-refractivity contribution >= 4 is 5.97 Å². The van der Waals surface area contributed by atoms with Crippen LogP contribution in [0.2, 0.25) is 0 Å². The molecule has 0 aromatic rings. The van der Waals surface area contributed by atoms with Crippen molar-refractivity contribution in [2.75, 3.05) is 0 Å². The fraction of sp³-hybridized carbons (Fsp3) is 0.667. The SMILES string of the molecule is CC(C)=CCCC(C)C1C(O)CC(C)=CCC=C2C(=O)OC(O)C21C. The fourth-order valence-electron chi connectivity index (χ4n) is 4.39. The van der Waals surface area contributed by atoms with E-state index in [1.165, 1.54) is 5.57 Å². The van der Waals surface area contributed by atoms with Crippen molar-refractivity contribution in [3.05, 3.63) is 34.9 Å². The monoisotopic (exact) mass is 348 g/mol. The number of carbonyl (C=O) groups is 1. The van der Waals surface area contributed by atoms with Gasteiger partial charge in [0.15, 0.2) is 0 Å². The number of aliphatic hydroxyl groups is 2. The summed E-state index contributed by atoms with van der Waals surface area (Å²) in [5, 5.41) is 21.6. The largest absolute Gasteiger partial charge is 0.432 e. The maximum absolute atomic E-state index is 12.3. The zero-order chi connectivity index (χ0) is 18.8. The quantitative estimate of drug-likeness (QED) is 0.597. The molecule has 5 atom stereocenters. The summed E-state index contributed by atoms with van der Waals surface area (Å²) < 4.78 is 5.17. The highest BCUT2D eigenvalue weighted by Crippen LogP contribution is 2.51. The van der Waals surface area contributed by atoms with Crippen molar-refractivity contribution in [2.24, 2.45) is 17.3 Å². The van der Waals surface area contributed by atoms with Gasteiger partial charge in [0.1, 0.15) is 0 Å². The number of ether oxygens (including phenoxy) is 1. The molecule has 2 rings (SSSR count). The van der Waals surface area contributed by atoms with Crippen LogP contribution in [-0.4, -0.2) is 28.6 Å². The van der Waals surface area contributed by atoms with Crippen LogP contribution in [0.15, 0.2) is 34.9 Å². The molecule has 0 saturated carbocycles. The van der Waals surface area contributed by atoms with E-state index < -0.39 is 23.8 Å². The topological polar surface area (TPSA) is 66.8 Å². The number of carbonyl (C=O) groups excluding carboxylic acids is 1. The molecule has 0 bridgehead atoms. The minimum absolute atomic E-state index is 0.133. The van der Waals surface area contributed by atoms with E-state index in [-0.39, 0.29) is 11.8 Å². The number of hydrogen-bond acceptors (Lipinski definition) is 4. The van der Waals surface area contributed by atoms with Gasteiger partial charge in [0.2, 0.25) is 6.29 Å². The number of fused-ring (bicyclic) bond motifs is 1. The molecule has 0 spiro atoms. The molecule has 1 aliphatic carbocycles. The molecule has 25 heavy (non-hydrogen) atoms. The van der Waals surface area contributed by atoms with E-state index in [4.69, 9.17) is 4.74 Å². The first kappa shape index (κ1) is 19.9. The van der Waals surface area contributed by atoms with Crippen LogP contribution in [-0.2, 0) is 9.53 Å². The van der Waals surface area contributed by atoms with Crippen LogP contribution < -0.4 is 0 Å². The Hall–Kier alpha value is -1.39. The fourth-order valence-corrected chi connectivity index (χ4v) is 4.39. The minimum Gasteiger partial charge on any atom is -0.432 e. The lowest BCUT2D eigenvalue weighted by molar-refractivity contribution is -0.171. The van der Waals surface area contributed by atoms with Gasteiger partial charge in [-0.25, -0.2) is 4.79 Å². The highest BCUT2D eigenvalue weighted by molar-refractivity contribution is 5.92. The molecule has 0 radical (unpaired) electrons. The van der Waals surface area contributed by atoms with Gasteiger partial charge in [0, 0.05) is 11.5 Å². The van der Waals surface area contributed by atoms with Gasteiger partial charge < -0.3 is 14.9 Å². The van der Waals surface area contributed by atoms with E-state index >= 15 is 0 Å². The summed E-state index contributed by atoms with van der Waals surface area (Å²) in [5.74, 6) is -0.585. The Morgan fingerprint density at radius 3 is 2.72 bits per heavy atom. The van der Waals surface area contributed by atoms with Crippen LogP contribution in [0, 0.1) is 17.3 Å². The number of allylic oxidation sites excluding steroid dienone is 4. The Bertz CT molecular complexity index is 597. The number of hydrogen-bond donors (Lipinski definition) is 2. The van der Waals surface area contributed by atoms with E-state index in [9.17, 15) is 15.0 Å². The molecule has 1 fully saturated rings. The zero-order valence-electron chi connectivity index (χ0n) is 16.1. The van der Waals surface area contributed by atoms with Crippen LogP contribution >= 0.6 is 0 Å². The lowest BCUT2D eigenvalue weighted by Crippen LogP contribution is -2.46. The van der Waals surface area contributed by atoms with Gasteiger partial charge in [-0.1, -0.05) is 36.3 Å². The van der Waals surface area contributed by atoms with Crippen LogP contribution in [0.4, 0.5) is 0 Å². The van der Waals surface area contributed by atoms with Crippen molar-refractivity contribution in [3.8, 4) is 0 Å². The van der Waals surface area contributed by atoms with Crippen molar-refractivity contribution in [1.29, 1.82) is 0 Å². The molecule has 140 valence electrons. The first-order valence-corrected chi connectivity index (χ1v) is 9.24. The standard InChI is InChI=1S/C21H32O4/c1-13(2)8-6-10-15(4)18-17(22)12-14(3)9-7-11-16-19(23)25-20(24)21(16,18)5/h8-9,11,15,17-18,20,22,24H,6-7,10,12H2,1-5H3. The first-order valence-electron chi connectivity index (χ1n) is 9.24. The predicted molar refractivity (Wildman–Crippen MR) is 98.6 cm³/mol. The number of cyclic esters (lactones) is 1. The molecule has 5 unspecified atom stereocenters. The molecular formula is C21H32O4. The van der Waals surface area contributed by atoms with Gasteiger partial charge in [0.05, 0.1) is 11.5 Å². The summed E-state index contributed by atoms with van der Waals surface area (Å²) in [6.07, 6.45) is 7.21. The Kier molecular flexibility index (Phi) is 6.28. The highest BCUT2D eigenvalue weighted by Gasteiger charge is 2.57. The van der Waals surface area contributed by atoms with Crippen molar-refractivity contribution in [3.63, 3.8) is 0 Å². The van der Waals surface area contributed by atoms with Gasteiger partial charge in [-0.15, -0.1) is 0 Å². The molecule has 4 nitrogen and oxygen atoms in total. The van der Waals surface area contributed by atoms with E-state index in [2.05, 4.69) is 26.8 Å². The number of esters is 1. The zero-order valence-corrected chi connectivity index (χ0v) is 16.1. The lowest BCUT2D eigenvalue weighted by Gasteiger charge is -2.41. The summed E-state index contributed by atoms with van der Waals surface area (Å²) in [5.41, 5.74) is 1.99. The molecular weight excluding hydrogens is 316 g/mol. The van der Waals surface area contributed by atoms with E-state index in [1.54, 1.807) is 0 Å². The Morgan fingerprint density at radius 2 is 2.08 bits per heavy atom. The molecule has 0 amide bonds. The Balaban J connectivity index is 2.41. The molecule has 1 heterocycles. The molecule has 2 aliphatic rings. The predicted octanol–water partition coefficient (Wildman–Crippen LogP) is 3.89. The van der Waals surface area contributed by atoms with Crippen molar-refractivity contribution in [1.82, 2.24) is 0 Å². The summed E-state index contributed by atoms with van der Waals surface area (Å²) >= 11 is 0. The molecule has 0 aromatic carbocycles. The second kappa shape index (κ2) is 7.88. The maximum Gasteiger partial charge on any atom is 0.336 e. The number of aliphatic hydroxyl groups excluding tert-OH is 2. The minimum atomic E-state index is -1.21. The number of rotatable bonds is 4. The first-order chi connectivity index (χ1) is 11.7. The summed E-state index contributed by atoms with van der Waals surface area (Å²) in [6, 6.07) is 0. The van der Waals surface area contributed by atoms with Gasteiger partial charge in [-0.3, -0.25) is 0 Å². The Labute approximate surface area is 151 Å². The van der Waals surface area contributed by atoms with Crippen LogP contribution in [0.3, 0.4) is 0 Å². The molecule has 2 N–H and O–H groups in total. The third-order valence-electron chi connectivity index (χ3n) is 5.75. The second-order valence-electron chi connectivity index (χ2n) is 8.08.